The van der Waals surface area contributed by atoms with E-state index in [4.69, 9.17) is 9.47 Å². The van der Waals surface area contributed by atoms with Gasteiger partial charge in [-0.2, -0.15) is 0 Å². The van der Waals surface area contributed by atoms with Crippen molar-refractivity contribution in [3.8, 4) is 0 Å². The summed E-state index contributed by atoms with van der Waals surface area (Å²) >= 11 is 0. The molecule has 0 aromatic carbocycles. The normalized spacial score (nSPS) is 28.0. The van der Waals surface area contributed by atoms with Crippen LogP contribution in [-0.2, 0) is 28.7 Å². The Morgan fingerprint density at radius 3 is 2.37 bits per heavy atom. The SMILES string of the molecule is C.COCOCC1(C(=O)C(=O)N2C3CCCC2C2=CN(C4CCCC4)C(=O)CN2C3=O)CCCC1. The highest BCUT2D eigenvalue weighted by Gasteiger charge is 2.54. The van der Waals surface area contributed by atoms with E-state index in [1.165, 1.54) is 7.11 Å². The van der Waals surface area contributed by atoms with Gasteiger partial charge in [0.15, 0.2) is 0 Å². The molecule has 2 aliphatic carbocycles. The van der Waals surface area contributed by atoms with Gasteiger partial charge in [-0.1, -0.05) is 33.1 Å². The molecular formula is C26H39N3O6. The zero-order valence-electron chi connectivity index (χ0n) is 20.0. The van der Waals surface area contributed by atoms with E-state index < -0.39 is 23.1 Å². The van der Waals surface area contributed by atoms with Crippen molar-refractivity contribution in [2.45, 2.75) is 96.2 Å². The van der Waals surface area contributed by atoms with Crippen molar-refractivity contribution in [2.75, 3.05) is 27.1 Å². The second-order valence-electron chi connectivity index (χ2n) is 10.5. The van der Waals surface area contributed by atoms with Crippen molar-refractivity contribution >= 4 is 23.5 Å². The minimum atomic E-state index is -0.850. The molecule has 3 heterocycles. The fourth-order valence-electron chi connectivity index (χ4n) is 6.70. The molecular weight excluding hydrogens is 450 g/mol. The van der Waals surface area contributed by atoms with E-state index in [0.717, 1.165) is 44.9 Å². The fraction of sp³-hybridized carbons (Fsp3) is 0.769. The molecule has 5 rings (SSSR count). The van der Waals surface area contributed by atoms with Gasteiger partial charge in [0.2, 0.25) is 17.6 Å². The third-order valence-corrected chi connectivity index (χ3v) is 8.45. The van der Waals surface area contributed by atoms with Gasteiger partial charge in [0.25, 0.3) is 5.91 Å². The Hall–Kier alpha value is -2.26. The number of Topliss-reactive ketones (excluding diaryl/α,β-unsaturated/α-hetero) is 1. The number of amides is 3. The predicted molar refractivity (Wildman–Crippen MR) is 128 cm³/mol. The summed E-state index contributed by atoms with van der Waals surface area (Å²) in [5.41, 5.74) is -0.152. The highest BCUT2D eigenvalue weighted by atomic mass is 16.7. The summed E-state index contributed by atoms with van der Waals surface area (Å²) in [6, 6.07) is -0.885. The Kier molecular flexibility index (Phi) is 7.66. The maximum atomic E-state index is 13.8. The minimum Gasteiger partial charge on any atom is -0.359 e. The number of hydrogen-bond acceptors (Lipinski definition) is 6. The molecule has 194 valence electrons. The fourth-order valence-corrected chi connectivity index (χ4v) is 6.70. The molecule has 35 heavy (non-hydrogen) atoms. The van der Waals surface area contributed by atoms with Crippen LogP contribution in [0.5, 0.6) is 0 Å². The van der Waals surface area contributed by atoms with E-state index in [9.17, 15) is 19.2 Å². The molecule has 0 radical (unpaired) electrons. The first-order valence-electron chi connectivity index (χ1n) is 12.7. The third-order valence-electron chi connectivity index (χ3n) is 8.45. The lowest BCUT2D eigenvalue weighted by Crippen LogP contribution is -2.68. The molecule has 3 aliphatic heterocycles. The van der Waals surface area contributed by atoms with Crippen molar-refractivity contribution in [1.82, 2.24) is 14.7 Å². The van der Waals surface area contributed by atoms with Crippen LogP contribution in [0.4, 0.5) is 0 Å². The molecule has 0 aromatic heterocycles. The number of nitrogens with zero attached hydrogens (tertiary/aromatic N) is 3. The highest BCUT2D eigenvalue weighted by molar-refractivity contribution is 6.38. The number of carbonyl (C=O) groups is 4. The van der Waals surface area contributed by atoms with Crippen LogP contribution in [0, 0.1) is 5.41 Å². The van der Waals surface area contributed by atoms with Gasteiger partial charge in [-0.15, -0.1) is 0 Å². The van der Waals surface area contributed by atoms with Gasteiger partial charge in [-0.25, -0.2) is 0 Å². The van der Waals surface area contributed by atoms with E-state index in [1.54, 1.807) is 14.7 Å². The number of carbonyl (C=O) groups excluding carboxylic acids is 4. The lowest BCUT2D eigenvalue weighted by atomic mass is 9.80. The Bertz CT molecular complexity index is 890. The average molecular weight is 490 g/mol. The number of piperazine rings is 1. The van der Waals surface area contributed by atoms with Crippen molar-refractivity contribution in [2.24, 2.45) is 5.41 Å². The van der Waals surface area contributed by atoms with Gasteiger partial charge < -0.3 is 24.2 Å². The van der Waals surface area contributed by atoms with Crippen LogP contribution in [-0.4, -0.2) is 83.4 Å². The van der Waals surface area contributed by atoms with Gasteiger partial charge >= 0.3 is 0 Å². The minimum absolute atomic E-state index is 0. The topological polar surface area (TPSA) is 96.5 Å². The number of hydrogen-bond donors (Lipinski definition) is 0. The first-order chi connectivity index (χ1) is 16.5. The molecule has 9 heteroatoms. The zero-order valence-corrected chi connectivity index (χ0v) is 20.0. The molecule has 2 atom stereocenters. The van der Waals surface area contributed by atoms with Crippen molar-refractivity contribution in [1.29, 1.82) is 0 Å². The van der Waals surface area contributed by atoms with Crippen LogP contribution in [0.3, 0.4) is 0 Å². The summed E-state index contributed by atoms with van der Waals surface area (Å²) in [5.74, 6) is -1.31. The van der Waals surface area contributed by atoms with E-state index >= 15 is 0 Å². The Morgan fingerprint density at radius 2 is 1.69 bits per heavy atom. The summed E-state index contributed by atoms with van der Waals surface area (Å²) in [5, 5.41) is 0. The Balaban J connectivity index is 0.00000289. The van der Waals surface area contributed by atoms with E-state index in [0.29, 0.717) is 31.4 Å². The van der Waals surface area contributed by atoms with Gasteiger partial charge in [0, 0.05) is 19.4 Å². The van der Waals surface area contributed by atoms with Crippen molar-refractivity contribution in [3.05, 3.63) is 11.9 Å². The molecule has 0 spiro atoms. The van der Waals surface area contributed by atoms with E-state index in [1.807, 2.05) is 6.20 Å². The number of ketones is 1. The standard InChI is InChI=1S/C25H35N3O6.CH4/c1-33-16-34-15-25(11-4-5-12-25)22(30)24(32)28-18-9-6-10-19(28)23(31)27-14-21(29)26(13-20(18)27)17-7-2-3-8-17;/h13,17-19H,2-12,14-16H2,1H3;1H4. The molecule has 2 unspecified atom stereocenters. The van der Waals surface area contributed by atoms with Crippen LogP contribution in [0.25, 0.3) is 0 Å². The number of ether oxygens (including phenoxy) is 2. The molecule has 0 N–H and O–H groups in total. The van der Waals surface area contributed by atoms with E-state index in [-0.39, 0.29) is 51.3 Å². The molecule has 3 amide bonds. The summed E-state index contributed by atoms with van der Waals surface area (Å²) in [7, 11) is 1.53. The van der Waals surface area contributed by atoms with Gasteiger partial charge in [-0.05, 0) is 44.9 Å². The van der Waals surface area contributed by atoms with Gasteiger partial charge in [0.1, 0.15) is 19.4 Å². The highest BCUT2D eigenvalue weighted by Crippen LogP contribution is 2.43. The number of methoxy groups -OCH3 is 1. The molecule has 5 aliphatic rings. The van der Waals surface area contributed by atoms with Crippen LogP contribution < -0.4 is 0 Å². The van der Waals surface area contributed by atoms with Crippen LogP contribution >= 0.6 is 0 Å². The second kappa shape index (κ2) is 10.4. The largest absolute Gasteiger partial charge is 0.359 e. The maximum absolute atomic E-state index is 13.8. The molecule has 4 fully saturated rings. The second-order valence-corrected chi connectivity index (χ2v) is 10.5. The first-order valence-corrected chi connectivity index (χ1v) is 12.7. The van der Waals surface area contributed by atoms with Crippen LogP contribution in [0.15, 0.2) is 11.9 Å². The Labute approximate surface area is 207 Å². The molecule has 2 saturated carbocycles. The molecule has 0 aromatic rings. The first kappa shape index (κ1) is 25.8. The number of rotatable bonds is 7. The van der Waals surface area contributed by atoms with Gasteiger partial charge in [0.05, 0.1) is 23.8 Å². The van der Waals surface area contributed by atoms with Gasteiger partial charge in [-0.3, -0.25) is 19.2 Å². The summed E-state index contributed by atoms with van der Waals surface area (Å²) < 4.78 is 10.5. The van der Waals surface area contributed by atoms with Crippen molar-refractivity contribution < 1.29 is 28.7 Å². The smallest absolute Gasteiger partial charge is 0.291 e. The van der Waals surface area contributed by atoms with Crippen LogP contribution in [0.1, 0.15) is 78.1 Å². The molecule has 9 nitrogen and oxygen atoms in total. The summed E-state index contributed by atoms with van der Waals surface area (Å²) in [4.78, 5) is 58.7. The Morgan fingerprint density at radius 1 is 1.00 bits per heavy atom. The lowest BCUT2D eigenvalue weighted by molar-refractivity contribution is -0.165. The number of piperidine rings is 1. The monoisotopic (exact) mass is 489 g/mol. The third kappa shape index (κ3) is 4.42. The van der Waals surface area contributed by atoms with E-state index in [2.05, 4.69) is 0 Å². The number of fused-ring (bicyclic) bond motifs is 4. The zero-order chi connectivity index (χ0) is 23.9. The summed E-state index contributed by atoms with van der Waals surface area (Å²) in [6.45, 7) is 0.254. The van der Waals surface area contributed by atoms with Crippen LogP contribution in [0.2, 0.25) is 0 Å². The predicted octanol–water partition coefficient (Wildman–Crippen LogP) is 2.59. The quantitative estimate of drug-likeness (QED) is 0.310. The summed E-state index contributed by atoms with van der Waals surface area (Å²) in [6.07, 6.45) is 10.9. The maximum Gasteiger partial charge on any atom is 0.291 e. The average Bonchev–Trinajstić information content (AvgIpc) is 3.55. The lowest BCUT2D eigenvalue weighted by Gasteiger charge is -2.52. The molecule has 2 saturated heterocycles. The van der Waals surface area contributed by atoms with Crippen molar-refractivity contribution in [3.63, 3.8) is 0 Å². The molecule has 2 bridgehead atoms.